The second-order valence-corrected chi connectivity index (χ2v) is 4.57. The standard InChI is InChI=1S/C13H14ClN3O2/c1-2-16-5-6-17(13(16)19)8-10-4-3-9(12(15)18)7-11(10)14/h3-7H,2,8H2,1H3,(H2,15,18). The Bertz CT molecular complexity index is 673. The number of aromatic nitrogens is 2. The maximum atomic E-state index is 11.9. The number of rotatable bonds is 4. The van der Waals surface area contributed by atoms with Crippen molar-refractivity contribution in [3.63, 3.8) is 0 Å². The monoisotopic (exact) mass is 279 g/mol. The normalized spacial score (nSPS) is 10.6. The fraction of sp³-hybridized carbons (Fsp3) is 0.231. The predicted octanol–water partition coefficient (Wildman–Crippen LogP) is 1.47. The number of nitrogens with two attached hydrogens (primary N) is 1. The predicted molar refractivity (Wildman–Crippen MR) is 73.4 cm³/mol. The van der Waals surface area contributed by atoms with Crippen molar-refractivity contribution in [1.29, 1.82) is 0 Å². The molecule has 100 valence electrons. The molecule has 0 aliphatic heterocycles. The van der Waals surface area contributed by atoms with E-state index >= 15 is 0 Å². The molecule has 0 aliphatic rings. The largest absolute Gasteiger partial charge is 0.366 e. The molecule has 0 saturated carbocycles. The summed E-state index contributed by atoms with van der Waals surface area (Å²) in [5, 5.41) is 0.424. The summed E-state index contributed by atoms with van der Waals surface area (Å²) >= 11 is 6.09. The Morgan fingerprint density at radius 2 is 2.00 bits per heavy atom. The minimum Gasteiger partial charge on any atom is -0.366 e. The van der Waals surface area contributed by atoms with Crippen LogP contribution in [0.4, 0.5) is 0 Å². The average Bonchev–Trinajstić information content (AvgIpc) is 2.72. The molecule has 1 aromatic carbocycles. The Balaban J connectivity index is 2.31. The quantitative estimate of drug-likeness (QED) is 0.921. The SMILES string of the molecule is CCn1ccn(Cc2ccc(C(N)=O)cc2Cl)c1=O. The molecule has 19 heavy (non-hydrogen) atoms. The molecule has 0 aliphatic carbocycles. The Morgan fingerprint density at radius 1 is 1.32 bits per heavy atom. The number of amides is 1. The molecular formula is C13H14ClN3O2. The zero-order valence-corrected chi connectivity index (χ0v) is 11.2. The summed E-state index contributed by atoms with van der Waals surface area (Å²) in [6.07, 6.45) is 3.44. The van der Waals surface area contributed by atoms with E-state index in [1.165, 1.54) is 6.07 Å². The lowest BCUT2D eigenvalue weighted by atomic mass is 10.1. The molecular weight excluding hydrogens is 266 g/mol. The number of aryl methyl sites for hydroxylation is 1. The summed E-state index contributed by atoms with van der Waals surface area (Å²) < 4.78 is 3.17. The molecule has 0 saturated heterocycles. The van der Waals surface area contributed by atoms with Crippen molar-refractivity contribution in [3.05, 3.63) is 57.2 Å². The summed E-state index contributed by atoms with van der Waals surface area (Å²) in [5.74, 6) is -0.525. The summed E-state index contributed by atoms with van der Waals surface area (Å²) in [4.78, 5) is 22.9. The van der Waals surface area contributed by atoms with Gasteiger partial charge >= 0.3 is 5.69 Å². The first kappa shape index (κ1) is 13.4. The molecule has 5 nitrogen and oxygen atoms in total. The summed E-state index contributed by atoms with van der Waals surface area (Å²) in [6, 6.07) is 4.82. The van der Waals surface area contributed by atoms with E-state index in [4.69, 9.17) is 17.3 Å². The maximum Gasteiger partial charge on any atom is 0.328 e. The number of carbonyl (C=O) groups is 1. The van der Waals surface area contributed by atoms with Gasteiger partial charge in [-0.2, -0.15) is 0 Å². The van der Waals surface area contributed by atoms with Gasteiger partial charge in [0.1, 0.15) is 0 Å². The average molecular weight is 280 g/mol. The van der Waals surface area contributed by atoms with Crippen LogP contribution in [0.2, 0.25) is 5.02 Å². The number of nitrogens with zero attached hydrogens (tertiary/aromatic N) is 2. The zero-order chi connectivity index (χ0) is 14.0. The van der Waals surface area contributed by atoms with Gasteiger partial charge in [0.25, 0.3) is 0 Å². The van der Waals surface area contributed by atoms with Crippen LogP contribution in [0.15, 0.2) is 35.4 Å². The third-order valence-electron chi connectivity index (χ3n) is 2.94. The molecule has 0 spiro atoms. The highest BCUT2D eigenvalue weighted by Gasteiger charge is 2.08. The number of primary amides is 1. The van der Waals surface area contributed by atoms with Crippen LogP contribution in [0.1, 0.15) is 22.8 Å². The molecule has 0 radical (unpaired) electrons. The van der Waals surface area contributed by atoms with Crippen LogP contribution in [0.25, 0.3) is 0 Å². The second kappa shape index (κ2) is 5.32. The van der Waals surface area contributed by atoms with Gasteiger partial charge in [0, 0.05) is 29.5 Å². The Hall–Kier alpha value is -2.01. The molecule has 0 bridgehead atoms. The fourth-order valence-corrected chi connectivity index (χ4v) is 2.07. The number of carbonyl (C=O) groups excluding carboxylic acids is 1. The van der Waals surface area contributed by atoms with Gasteiger partial charge in [0.05, 0.1) is 6.54 Å². The van der Waals surface area contributed by atoms with Crippen LogP contribution < -0.4 is 11.4 Å². The molecule has 1 amide bonds. The zero-order valence-electron chi connectivity index (χ0n) is 10.5. The Labute approximate surface area is 115 Å². The molecule has 0 atom stereocenters. The van der Waals surface area contributed by atoms with Gasteiger partial charge in [0.15, 0.2) is 0 Å². The van der Waals surface area contributed by atoms with Gasteiger partial charge in [-0.05, 0) is 24.6 Å². The van der Waals surface area contributed by atoms with E-state index < -0.39 is 5.91 Å². The fourth-order valence-electron chi connectivity index (χ4n) is 1.83. The summed E-state index contributed by atoms with van der Waals surface area (Å²) in [5.41, 5.74) is 6.21. The van der Waals surface area contributed by atoms with Gasteiger partial charge < -0.3 is 5.73 Å². The van der Waals surface area contributed by atoms with E-state index in [1.54, 1.807) is 33.7 Å². The van der Waals surface area contributed by atoms with Crippen molar-refractivity contribution in [2.45, 2.75) is 20.0 Å². The summed E-state index contributed by atoms with van der Waals surface area (Å²) in [7, 11) is 0. The topological polar surface area (TPSA) is 70.0 Å². The van der Waals surface area contributed by atoms with Crippen molar-refractivity contribution in [1.82, 2.24) is 9.13 Å². The van der Waals surface area contributed by atoms with Crippen LogP contribution >= 0.6 is 11.6 Å². The minimum absolute atomic E-state index is 0.0856. The third kappa shape index (κ3) is 2.71. The minimum atomic E-state index is -0.525. The molecule has 1 heterocycles. The van der Waals surface area contributed by atoms with Crippen molar-refractivity contribution < 1.29 is 4.79 Å². The summed E-state index contributed by atoms with van der Waals surface area (Å²) in [6.45, 7) is 2.89. The van der Waals surface area contributed by atoms with Crippen LogP contribution in [0.5, 0.6) is 0 Å². The van der Waals surface area contributed by atoms with Crippen LogP contribution in [0, 0.1) is 0 Å². The first-order valence-electron chi connectivity index (χ1n) is 5.86. The Morgan fingerprint density at radius 3 is 2.53 bits per heavy atom. The third-order valence-corrected chi connectivity index (χ3v) is 3.29. The van der Waals surface area contributed by atoms with E-state index in [2.05, 4.69) is 0 Å². The molecule has 0 fully saturated rings. The van der Waals surface area contributed by atoms with E-state index in [9.17, 15) is 9.59 Å². The van der Waals surface area contributed by atoms with Crippen LogP contribution in [-0.2, 0) is 13.1 Å². The van der Waals surface area contributed by atoms with Crippen LogP contribution in [0.3, 0.4) is 0 Å². The van der Waals surface area contributed by atoms with Crippen molar-refractivity contribution >= 4 is 17.5 Å². The second-order valence-electron chi connectivity index (χ2n) is 4.17. The lowest BCUT2D eigenvalue weighted by molar-refractivity contribution is 0.100. The maximum absolute atomic E-state index is 11.9. The van der Waals surface area contributed by atoms with Crippen molar-refractivity contribution in [3.8, 4) is 0 Å². The number of hydrogen-bond donors (Lipinski definition) is 1. The van der Waals surface area contributed by atoms with E-state index in [0.717, 1.165) is 5.56 Å². The molecule has 2 rings (SSSR count). The highest BCUT2D eigenvalue weighted by molar-refractivity contribution is 6.31. The van der Waals surface area contributed by atoms with Gasteiger partial charge in [-0.1, -0.05) is 17.7 Å². The molecule has 2 aromatic rings. The highest BCUT2D eigenvalue weighted by atomic mass is 35.5. The highest BCUT2D eigenvalue weighted by Crippen LogP contribution is 2.18. The molecule has 2 N–H and O–H groups in total. The first-order valence-corrected chi connectivity index (χ1v) is 6.24. The van der Waals surface area contributed by atoms with Gasteiger partial charge in [-0.25, -0.2) is 4.79 Å². The van der Waals surface area contributed by atoms with Gasteiger partial charge in [0.2, 0.25) is 5.91 Å². The van der Waals surface area contributed by atoms with Crippen molar-refractivity contribution in [2.75, 3.05) is 0 Å². The van der Waals surface area contributed by atoms with Gasteiger partial charge in [-0.15, -0.1) is 0 Å². The van der Waals surface area contributed by atoms with Crippen molar-refractivity contribution in [2.24, 2.45) is 5.73 Å². The number of hydrogen-bond acceptors (Lipinski definition) is 2. The lowest BCUT2D eigenvalue weighted by Crippen LogP contribution is -2.24. The number of benzene rings is 1. The van der Waals surface area contributed by atoms with Crippen LogP contribution in [-0.4, -0.2) is 15.0 Å². The molecule has 0 unspecified atom stereocenters. The van der Waals surface area contributed by atoms with E-state index in [-0.39, 0.29) is 5.69 Å². The number of imidazole rings is 1. The molecule has 1 aromatic heterocycles. The first-order chi connectivity index (χ1) is 9.02. The van der Waals surface area contributed by atoms with Gasteiger partial charge in [-0.3, -0.25) is 13.9 Å². The Kier molecular flexibility index (Phi) is 3.76. The lowest BCUT2D eigenvalue weighted by Gasteiger charge is -2.06. The van der Waals surface area contributed by atoms with E-state index in [0.29, 0.717) is 23.7 Å². The smallest absolute Gasteiger partial charge is 0.328 e. The molecule has 6 heteroatoms. The number of halogens is 1. The van der Waals surface area contributed by atoms with E-state index in [1.807, 2.05) is 6.92 Å².